The summed E-state index contributed by atoms with van der Waals surface area (Å²) in [4.78, 5) is 4.47. The molecule has 0 spiro atoms. The van der Waals surface area contributed by atoms with E-state index < -0.39 is 5.54 Å². The van der Waals surface area contributed by atoms with Crippen molar-refractivity contribution >= 4 is 11.6 Å². The van der Waals surface area contributed by atoms with Crippen molar-refractivity contribution in [3.63, 3.8) is 0 Å². The Kier molecular flexibility index (Phi) is 4.23. The SMILES string of the molecule is CCc1ccc(CC(C)(N)c2ccc(Cl)cc2)nc1. The molecule has 1 aromatic heterocycles. The quantitative estimate of drug-likeness (QED) is 0.923. The lowest BCUT2D eigenvalue weighted by Crippen LogP contribution is -2.35. The van der Waals surface area contributed by atoms with Crippen molar-refractivity contribution in [2.24, 2.45) is 5.73 Å². The van der Waals surface area contributed by atoms with Crippen LogP contribution in [-0.2, 0) is 18.4 Å². The maximum absolute atomic E-state index is 6.41. The van der Waals surface area contributed by atoms with Crippen LogP contribution in [0, 0.1) is 0 Å². The van der Waals surface area contributed by atoms with Gasteiger partial charge < -0.3 is 5.73 Å². The van der Waals surface area contributed by atoms with Gasteiger partial charge in [-0.3, -0.25) is 4.98 Å². The first-order valence-electron chi connectivity index (χ1n) is 6.50. The topological polar surface area (TPSA) is 38.9 Å². The van der Waals surface area contributed by atoms with Gasteiger partial charge in [0.15, 0.2) is 0 Å². The fourth-order valence-corrected chi connectivity index (χ4v) is 2.20. The van der Waals surface area contributed by atoms with Crippen LogP contribution in [0.2, 0.25) is 5.02 Å². The lowest BCUT2D eigenvalue weighted by molar-refractivity contribution is 0.485. The van der Waals surface area contributed by atoms with Crippen LogP contribution in [0.5, 0.6) is 0 Å². The van der Waals surface area contributed by atoms with Crippen molar-refractivity contribution in [2.75, 3.05) is 0 Å². The molecule has 0 bridgehead atoms. The van der Waals surface area contributed by atoms with Gasteiger partial charge >= 0.3 is 0 Å². The largest absolute Gasteiger partial charge is 0.321 e. The van der Waals surface area contributed by atoms with Crippen molar-refractivity contribution in [1.82, 2.24) is 4.98 Å². The average Bonchev–Trinajstić information content (AvgIpc) is 2.40. The Morgan fingerprint density at radius 2 is 1.84 bits per heavy atom. The highest BCUT2D eigenvalue weighted by Gasteiger charge is 2.22. The zero-order valence-corrected chi connectivity index (χ0v) is 12.1. The van der Waals surface area contributed by atoms with Gasteiger partial charge in [-0.05, 0) is 42.7 Å². The van der Waals surface area contributed by atoms with Crippen molar-refractivity contribution in [3.05, 3.63) is 64.4 Å². The summed E-state index contributed by atoms with van der Waals surface area (Å²) >= 11 is 5.90. The first-order valence-corrected chi connectivity index (χ1v) is 6.88. The van der Waals surface area contributed by atoms with E-state index in [1.807, 2.05) is 37.4 Å². The molecule has 0 radical (unpaired) electrons. The van der Waals surface area contributed by atoms with Gasteiger partial charge in [-0.25, -0.2) is 0 Å². The van der Waals surface area contributed by atoms with Gasteiger partial charge in [0, 0.05) is 28.9 Å². The number of halogens is 1. The summed E-state index contributed by atoms with van der Waals surface area (Å²) in [5.41, 5.74) is 9.29. The molecule has 0 aliphatic heterocycles. The molecular formula is C16H19ClN2. The van der Waals surface area contributed by atoms with Crippen molar-refractivity contribution in [2.45, 2.75) is 32.2 Å². The molecule has 0 fully saturated rings. The van der Waals surface area contributed by atoms with Gasteiger partial charge in [-0.2, -0.15) is 0 Å². The number of aryl methyl sites for hydroxylation is 1. The van der Waals surface area contributed by atoms with Crippen LogP contribution in [0.4, 0.5) is 0 Å². The Balaban J connectivity index is 2.17. The number of nitrogens with zero attached hydrogens (tertiary/aromatic N) is 1. The molecule has 100 valence electrons. The van der Waals surface area contributed by atoms with E-state index in [0.29, 0.717) is 6.42 Å². The van der Waals surface area contributed by atoms with E-state index in [1.165, 1.54) is 5.56 Å². The molecule has 1 heterocycles. The van der Waals surface area contributed by atoms with E-state index >= 15 is 0 Å². The minimum atomic E-state index is -0.439. The van der Waals surface area contributed by atoms with Gasteiger partial charge in [-0.15, -0.1) is 0 Å². The van der Waals surface area contributed by atoms with Gasteiger partial charge in [-0.1, -0.05) is 36.7 Å². The number of pyridine rings is 1. The van der Waals surface area contributed by atoms with E-state index in [1.54, 1.807) is 0 Å². The normalized spacial score (nSPS) is 14.1. The smallest absolute Gasteiger partial charge is 0.0437 e. The van der Waals surface area contributed by atoms with Crippen LogP contribution < -0.4 is 5.73 Å². The van der Waals surface area contributed by atoms with Crippen LogP contribution in [-0.4, -0.2) is 4.98 Å². The fraction of sp³-hybridized carbons (Fsp3) is 0.312. The van der Waals surface area contributed by atoms with Gasteiger partial charge in [0.1, 0.15) is 0 Å². The Morgan fingerprint density at radius 3 is 2.37 bits per heavy atom. The third-order valence-corrected chi connectivity index (χ3v) is 3.60. The highest BCUT2D eigenvalue weighted by Crippen LogP contribution is 2.23. The standard InChI is InChI=1S/C16H19ClN2/c1-3-12-4-9-15(19-11-12)10-16(2,18)13-5-7-14(17)8-6-13/h4-9,11H,3,10,18H2,1-2H3. The van der Waals surface area contributed by atoms with Crippen LogP contribution in [0.3, 0.4) is 0 Å². The molecule has 0 saturated carbocycles. The van der Waals surface area contributed by atoms with E-state index in [9.17, 15) is 0 Å². The Labute approximate surface area is 119 Å². The summed E-state index contributed by atoms with van der Waals surface area (Å²) in [6.45, 7) is 4.14. The van der Waals surface area contributed by atoms with E-state index in [4.69, 9.17) is 17.3 Å². The van der Waals surface area contributed by atoms with Crippen LogP contribution >= 0.6 is 11.6 Å². The molecular weight excluding hydrogens is 256 g/mol. The Morgan fingerprint density at radius 1 is 1.16 bits per heavy atom. The Bertz CT molecular complexity index is 530. The second-order valence-corrected chi connectivity index (χ2v) is 5.55. The average molecular weight is 275 g/mol. The predicted octanol–water partition coefficient (Wildman–Crippen LogP) is 3.71. The zero-order valence-electron chi connectivity index (χ0n) is 11.4. The first-order chi connectivity index (χ1) is 9.01. The molecule has 2 aromatic rings. The highest BCUT2D eigenvalue weighted by molar-refractivity contribution is 6.30. The van der Waals surface area contributed by atoms with Crippen LogP contribution in [0.15, 0.2) is 42.6 Å². The molecule has 1 aromatic carbocycles. The molecule has 0 aliphatic carbocycles. The summed E-state index contributed by atoms with van der Waals surface area (Å²) in [5, 5.41) is 0.727. The molecule has 0 aliphatic rings. The number of aromatic nitrogens is 1. The predicted molar refractivity (Wildman–Crippen MR) is 80.3 cm³/mol. The van der Waals surface area contributed by atoms with Gasteiger partial charge in [0.25, 0.3) is 0 Å². The molecule has 2 N–H and O–H groups in total. The number of benzene rings is 1. The summed E-state index contributed by atoms with van der Waals surface area (Å²) in [5.74, 6) is 0. The van der Waals surface area contributed by atoms with Crippen molar-refractivity contribution < 1.29 is 0 Å². The third-order valence-electron chi connectivity index (χ3n) is 3.35. The minimum Gasteiger partial charge on any atom is -0.321 e. The van der Waals surface area contributed by atoms with E-state index in [2.05, 4.69) is 24.0 Å². The molecule has 2 rings (SSSR count). The number of rotatable bonds is 4. The molecule has 0 amide bonds. The second-order valence-electron chi connectivity index (χ2n) is 5.11. The lowest BCUT2D eigenvalue weighted by atomic mass is 9.88. The number of hydrogen-bond acceptors (Lipinski definition) is 2. The first kappa shape index (κ1) is 14.0. The Hall–Kier alpha value is -1.38. The molecule has 1 atom stereocenters. The lowest BCUT2D eigenvalue weighted by Gasteiger charge is -2.25. The van der Waals surface area contributed by atoms with E-state index in [-0.39, 0.29) is 0 Å². The minimum absolute atomic E-state index is 0.439. The van der Waals surface area contributed by atoms with Gasteiger partial charge in [0.05, 0.1) is 0 Å². The van der Waals surface area contributed by atoms with Crippen LogP contribution in [0.1, 0.15) is 30.7 Å². The van der Waals surface area contributed by atoms with Crippen LogP contribution in [0.25, 0.3) is 0 Å². The third kappa shape index (κ3) is 3.55. The maximum Gasteiger partial charge on any atom is 0.0437 e. The molecule has 3 heteroatoms. The molecule has 1 unspecified atom stereocenters. The highest BCUT2D eigenvalue weighted by atomic mass is 35.5. The van der Waals surface area contributed by atoms with Gasteiger partial charge in [0.2, 0.25) is 0 Å². The fourth-order valence-electron chi connectivity index (χ4n) is 2.08. The summed E-state index contributed by atoms with van der Waals surface area (Å²) in [7, 11) is 0. The number of nitrogens with two attached hydrogens (primary N) is 1. The monoisotopic (exact) mass is 274 g/mol. The summed E-state index contributed by atoms with van der Waals surface area (Å²) < 4.78 is 0. The number of hydrogen-bond donors (Lipinski definition) is 1. The maximum atomic E-state index is 6.41. The molecule has 0 saturated heterocycles. The molecule has 2 nitrogen and oxygen atoms in total. The van der Waals surface area contributed by atoms with Crippen molar-refractivity contribution in [3.8, 4) is 0 Å². The summed E-state index contributed by atoms with van der Waals surface area (Å²) in [6.07, 6.45) is 3.64. The second kappa shape index (κ2) is 5.72. The zero-order chi connectivity index (χ0) is 13.9. The molecule has 19 heavy (non-hydrogen) atoms. The summed E-state index contributed by atoms with van der Waals surface area (Å²) in [6, 6.07) is 11.9. The van der Waals surface area contributed by atoms with Crippen molar-refractivity contribution in [1.29, 1.82) is 0 Å². The van der Waals surface area contributed by atoms with E-state index in [0.717, 1.165) is 22.7 Å².